The van der Waals surface area contributed by atoms with Gasteiger partial charge in [-0.05, 0) is 18.2 Å². The summed E-state index contributed by atoms with van der Waals surface area (Å²) < 4.78 is 62.9. The Morgan fingerprint density at radius 2 is 2.00 bits per heavy atom. The monoisotopic (exact) mass is 428 g/mol. The molecule has 1 amide bonds. The van der Waals surface area contributed by atoms with Gasteiger partial charge in [-0.15, -0.1) is 0 Å². The highest BCUT2D eigenvalue weighted by Gasteiger charge is 2.31. The largest absolute Gasteiger partial charge is 0.416 e. The number of nitrogens with zero attached hydrogens (tertiary/aromatic N) is 4. The quantitative estimate of drug-likeness (QED) is 0.545. The van der Waals surface area contributed by atoms with Crippen molar-refractivity contribution >= 4 is 33.2 Å². The molecule has 9 nitrogen and oxygen atoms in total. The van der Waals surface area contributed by atoms with E-state index < -0.39 is 49.8 Å². The van der Waals surface area contributed by atoms with E-state index in [1.165, 1.54) is 13.0 Å². The van der Waals surface area contributed by atoms with E-state index in [1.54, 1.807) is 6.07 Å². The summed E-state index contributed by atoms with van der Waals surface area (Å²) in [7, 11) is -3.99. The highest BCUT2D eigenvalue weighted by molar-refractivity contribution is 7.90. The Morgan fingerprint density at radius 3 is 2.52 bits per heavy atom. The molecule has 1 aromatic heterocycles. The van der Waals surface area contributed by atoms with Crippen molar-refractivity contribution < 1.29 is 26.4 Å². The van der Waals surface area contributed by atoms with Crippen LogP contribution < -0.4 is 16.2 Å². The van der Waals surface area contributed by atoms with Crippen molar-refractivity contribution in [3.63, 3.8) is 0 Å². The molecule has 13 heteroatoms. The maximum Gasteiger partial charge on any atom is 0.416 e. The van der Waals surface area contributed by atoms with Crippen molar-refractivity contribution in [3.8, 4) is 6.07 Å². The number of nitriles is 1. The zero-order chi connectivity index (χ0) is 22.0. The number of hydrogen-bond acceptors (Lipinski definition) is 8. The molecule has 0 aliphatic rings. The van der Waals surface area contributed by atoms with Gasteiger partial charge >= 0.3 is 6.18 Å². The number of anilines is 3. The van der Waals surface area contributed by atoms with Gasteiger partial charge in [-0.3, -0.25) is 10.2 Å². The van der Waals surface area contributed by atoms with Gasteiger partial charge in [-0.25, -0.2) is 13.4 Å². The average Bonchev–Trinajstić information content (AvgIpc) is 2.63. The lowest BCUT2D eigenvalue weighted by Crippen LogP contribution is -2.37. The van der Waals surface area contributed by atoms with E-state index in [0.29, 0.717) is 6.07 Å². The second kappa shape index (κ2) is 7.92. The summed E-state index contributed by atoms with van der Waals surface area (Å²) in [6.45, 7) is 1.46. The summed E-state index contributed by atoms with van der Waals surface area (Å²) >= 11 is 0. The fourth-order valence-corrected chi connectivity index (χ4v) is 3.04. The number of aromatic nitrogens is 2. The van der Waals surface area contributed by atoms with E-state index in [9.17, 15) is 31.6 Å². The molecule has 0 radical (unpaired) electrons. The van der Waals surface area contributed by atoms with Gasteiger partial charge in [-0.2, -0.15) is 28.4 Å². The van der Waals surface area contributed by atoms with Crippen LogP contribution in [0.1, 0.15) is 24.5 Å². The lowest BCUT2D eigenvalue weighted by atomic mass is 10.2. The number of amides is 1. The first-order valence-electron chi connectivity index (χ1n) is 7.93. The van der Waals surface area contributed by atoms with Crippen LogP contribution in [0.4, 0.5) is 30.6 Å². The van der Waals surface area contributed by atoms with Crippen LogP contribution in [-0.4, -0.2) is 30.5 Å². The fourth-order valence-electron chi connectivity index (χ4n) is 2.26. The number of nitrogen functional groups attached to an aromatic ring is 1. The van der Waals surface area contributed by atoms with Crippen molar-refractivity contribution in [2.75, 3.05) is 22.4 Å². The van der Waals surface area contributed by atoms with Crippen LogP contribution in [-0.2, 0) is 20.8 Å². The summed E-state index contributed by atoms with van der Waals surface area (Å²) in [5, 5.41) is 9.40. The van der Waals surface area contributed by atoms with E-state index in [-0.39, 0.29) is 12.1 Å². The molecular formula is C16H15F3N6O3S. The number of alkyl halides is 3. The first-order valence-corrected chi connectivity index (χ1v) is 9.82. The molecule has 29 heavy (non-hydrogen) atoms. The molecule has 0 atom stereocenters. The van der Waals surface area contributed by atoms with Gasteiger partial charge in [0, 0.05) is 12.7 Å². The van der Waals surface area contributed by atoms with E-state index in [0.717, 1.165) is 23.4 Å². The molecule has 0 unspecified atom stereocenters. The van der Waals surface area contributed by atoms with Crippen LogP contribution in [0.15, 0.2) is 29.3 Å². The third-order valence-corrected chi connectivity index (χ3v) is 4.56. The van der Waals surface area contributed by atoms with Crippen LogP contribution >= 0.6 is 0 Å². The number of nitrogens with one attached hydrogen (secondary N) is 1. The predicted octanol–water partition coefficient (Wildman–Crippen LogP) is 2.12. The van der Waals surface area contributed by atoms with Gasteiger partial charge in [0.2, 0.25) is 11.9 Å². The molecule has 3 N–H and O–H groups in total. The third kappa shape index (κ3) is 4.91. The molecule has 0 saturated heterocycles. The molecule has 0 fully saturated rings. The van der Waals surface area contributed by atoms with E-state index in [2.05, 4.69) is 15.4 Å². The van der Waals surface area contributed by atoms with Gasteiger partial charge in [-0.1, -0.05) is 13.0 Å². The summed E-state index contributed by atoms with van der Waals surface area (Å²) in [4.78, 5) is 19.6. The van der Waals surface area contributed by atoms with Crippen molar-refractivity contribution in [2.24, 2.45) is 0 Å². The fraction of sp³-hybridized carbons (Fsp3) is 0.250. The second-order valence-corrected chi connectivity index (χ2v) is 7.67. The van der Waals surface area contributed by atoms with Crippen molar-refractivity contribution in [1.82, 2.24) is 9.97 Å². The molecular weight excluding hydrogens is 413 g/mol. The number of sulfone groups is 1. The SMILES string of the molecule is CCC(=O)N(Nc1nc(N)nc(S(C)(=O)=O)c1C#N)c1cccc(C(F)(F)F)c1. The zero-order valence-corrected chi connectivity index (χ0v) is 16.0. The van der Waals surface area contributed by atoms with Crippen molar-refractivity contribution in [2.45, 2.75) is 24.5 Å². The topological polar surface area (TPSA) is 142 Å². The Balaban J connectivity index is 2.63. The lowest BCUT2D eigenvalue weighted by Gasteiger charge is -2.25. The molecule has 154 valence electrons. The number of halogens is 3. The Hall–Kier alpha value is -3.40. The molecule has 1 aromatic carbocycles. The number of nitrogens with two attached hydrogens (primary N) is 1. The highest BCUT2D eigenvalue weighted by atomic mass is 32.2. The maximum absolute atomic E-state index is 13.0. The summed E-state index contributed by atoms with van der Waals surface area (Å²) in [5.41, 5.74) is 6.14. The molecule has 2 rings (SSSR count). The number of carbonyl (C=O) groups is 1. The summed E-state index contributed by atoms with van der Waals surface area (Å²) in [5.74, 6) is -1.63. The molecule has 2 aromatic rings. The van der Waals surface area contributed by atoms with Gasteiger partial charge in [0.05, 0.1) is 11.3 Å². The highest BCUT2D eigenvalue weighted by Crippen LogP contribution is 2.32. The van der Waals surface area contributed by atoms with Gasteiger partial charge < -0.3 is 5.73 Å². The number of benzene rings is 1. The third-order valence-electron chi connectivity index (χ3n) is 3.56. The van der Waals surface area contributed by atoms with E-state index in [1.807, 2.05) is 0 Å². The number of hydrogen-bond donors (Lipinski definition) is 2. The second-order valence-electron chi connectivity index (χ2n) is 5.74. The maximum atomic E-state index is 13.0. The first-order chi connectivity index (χ1) is 13.4. The molecule has 0 saturated carbocycles. The predicted molar refractivity (Wildman–Crippen MR) is 97.1 cm³/mol. The standard InChI is InChI=1S/C16H15F3N6O3S/c1-3-12(26)25(10-6-4-5-9(7-10)16(17,18)19)24-13-11(8-20)14(29(2,27)28)23-15(21)22-13/h4-7H,3H2,1-2H3,(H3,21,22,23,24). The zero-order valence-electron chi connectivity index (χ0n) is 15.1. The minimum atomic E-state index is -4.66. The Labute approximate surface area is 163 Å². The normalized spacial score (nSPS) is 11.6. The molecule has 0 aliphatic carbocycles. The van der Waals surface area contributed by atoms with Crippen molar-refractivity contribution in [3.05, 3.63) is 35.4 Å². The van der Waals surface area contributed by atoms with Crippen LogP contribution in [0.3, 0.4) is 0 Å². The van der Waals surface area contributed by atoms with Gasteiger partial charge in [0.15, 0.2) is 20.7 Å². The summed E-state index contributed by atoms with van der Waals surface area (Å²) in [6.07, 6.45) is -3.98. The van der Waals surface area contributed by atoms with E-state index >= 15 is 0 Å². The van der Waals surface area contributed by atoms with Crippen LogP contribution in [0, 0.1) is 11.3 Å². The average molecular weight is 428 g/mol. The Morgan fingerprint density at radius 1 is 1.34 bits per heavy atom. The van der Waals surface area contributed by atoms with Crippen LogP contribution in [0.5, 0.6) is 0 Å². The number of hydrazine groups is 1. The number of carbonyl (C=O) groups excluding carboxylic acids is 1. The Kier molecular flexibility index (Phi) is 5.98. The van der Waals surface area contributed by atoms with Crippen molar-refractivity contribution in [1.29, 1.82) is 5.26 Å². The van der Waals surface area contributed by atoms with Gasteiger partial charge in [0.25, 0.3) is 0 Å². The molecule has 0 aliphatic heterocycles. The van der Waals surface area contributed by atoms with Gasteiger partial charge in [0.1, 0.15) is 11.6 Å². The molecule has 1 heterocycles. The van der Waals surface area contributed by atoms with E-state index in [4.69, 9.17) is 5.73 Å². The minimum Gasteiger partial charge on any atom is -0.368 e. The Bertz CT molecular complexity index is 1100. The molecule has 0 spiro atoms. The first kappa shape index (κ1) is 21.9. The molecule has 0 bridgehead atoms. The lowest BCUT2D eigenvalue weighted by molar-refractivity contribution is -0.137. The number of rotatable bonds is 5. The smallest absolute Gasteiger partial charge is 0.368 e. The van der Waals surface area contributed by atoms with Crippen LogP contribution in [0.2, 0.25) is 0 Å². The van der Waals surface area contributed by atoms with Crippen LogP contribution in [0.25, 0.3) is 0 Å². The summed E-state index contributed by atoms with van der Waals surface area (Å²) in [6, 6.07) is 5.47. The minimum absolute atomic E-state index is 0.120.